The van der Waals surface area contributed by atoms with E-state index in [-0.39, 0.29) is 0 Å². The summed E-state index contributed by atoms with van der Waals surface area (Å²) in [5, 5.41) is 3.98. The summed E-state index contributed by atoms with van der Waals surface area (Å²) in [5.41, 5.74) is 3.49. The van der Waals surface area contributed by atoms with E-state index >= 15 is 0 Å². The molecule has 2 rings (SSSR count). The first-order chi connectivity index (χ1) is 11.0. The Hall–Kier alpha value is -2.07. The van der Waals surface area contributed by atoms with E-state index in [9.17, 15) is 0 Å². The van der Waals surface area contributed by atoms with Crippen molar-refractivity contribution < 1.29 is 4.74 Å². The highest BCUT2D eigenvalue weighted by Crippen LogP contribution is 2.18. The van der Waals surface area contributed by atoms with Gasteiger partial charge in [0.25, 0.3) is 0 Å². The third kappa shape index (κ3) is 4.96. The van der Waals surface area contributed by atoms with Crippen LogP contribution < -0.4 is 10.1 Å². The number of ether oxygens (including phenoxy) is 1. The zero-order valence-corrected chi connectivity index (χ0v) is 15.0. The van der Waals surface area contributed by atoms with E-state index in [2.05, 4.69) is 49.5 Å². The Morgan fingerprint density at radius 1 is 1.17 bits per heavy atom. The Morgan fingerprint density at radius 3 is 2.48 bits per heavy atom. The highest BCUT2D eigenvalue weighted by atomic mass is 32.1. The molecule has 0 amide bonds. The van der Waals surface area contributed by atoms with Crippen molar-refractivity contribution in [2.75, 3.05) is 19.5 Å². The highest BCUT2D eigenvalue weighted by Gasteiger charge is 2.07. The average Bonchev–Trinajstić information content (AvgIpc) is 2.55. The van der Waals surface area contributed by atoms with Gasteiger partial charge in [0, 0.05) is 19.3 Å². The van der Waals surface area contributed by atoms with Crippen LogP contribution in [0.1, 0.15) is 30.9 Å². The Morgan fingerprint density at radius 2 is 1.87 bits per heavy atom. The van der Waals surface area contributed by atoms with Crippen molar-refractivity contribution >= 4 is 23.0 Å². The Kier molecular flexibility index (Phi) is 5.99. The van der Waals surface area contributed by atoms with E-state index in [0.717, 1.165) is 23.5 Å². The second kappa shape index (κ2) is 7.97. The third-order valence-corrected chi connectivity index (χ3v) is 4.14. The SMILES string of the molecule is COc1cccc(CN(C)C(=S)Nc2ccc(C(C)C)cc2)c1. The number of anilines is 1. The van der Waals surface area contributed by atoms with Crippen molar-refractivity contribution in [1.29, 1.82) is 0 Å². The van der Waals surface area contributed by atoms with Crippen LogP contribution in [0.25, 0.3) is 0 Å². The van der Waals surface area contributed by atoms with Crippen molar-refractivity contribution in [3.63, 3.8) is 0 Å². The largest absolute Gasteiger partial charge is 0.497 e. The smallest absolute Gasteiger partial charge is 0.173 e. The molecule has 1 N–H and O–H groups in total. The molecule has 4 heteroatoms. The summed E-state index contributed by atoms with van der Waals surface area (Å²) in [6.07, 6.45) is 0. The summed E-state index contributed by atoms with van der Waals surface area (Å²) >= 11 is 5.49. The molecule has 0 atom stereocenters. The van der Waals surface area contributed by atoms with E-state index < -0.39 is 0 Å². The van der Waals surface area contributed by atoms with E-state index in [1.807, 2.05) is 30.1 Å². The van der Waals surface area contributed by atoms with Gasteiger partial charge in [-0.05, 0) is 53.5 Å². The standard InChI is InChI=1S/C19H24N2OS/c1-14(2)16-8-10-17(11-9-16)20-19(23)21(3)13-15-6-5-7-18(12-15)22-4/h5-12,14H,13H2,1-4H3,(H,20,23). The molecule has 23 heavy (non-hydrogen) atoms. The molecule has 0 spiro atoms. The van der Waals surface area contributed by atoms with Crippen LogP contribution in [0.5, 0.6) is 5.75 Å². The molecule has 0 aliphatic rings. The van der Waals surface area contributed by atoms with Gasteiger partial charge in [0.1, 0.15) is 5.75 Å². The molecule has 0 radical (unpaired) electrons. The minimum absolute atomic E-state index is 0.534. The molecule has 0 aromatic heterocycles. The van der Waals surface area contributed by atoms with Gasteiger partial charge in [-0.25, -0.2) is 0 Å². The topological polar surface area (TPSA) is 24.5 Å². The van der Waals surface area contributed by atoms with Gasteiger partial charge < -0.3 is 15.0 Å². The average molecular weight is 328 g/mol. The minimum Gasteiger partial charge on any atom is -0.497 e. The second-order valence-electron chi connectivity index (χ2n) is 5.91. The molecular formula is C19H24N2OS. The summed E-state index contributed by atoms with van der Waals surface area (Å²) < 4.78 is 5.26. The van der Waals surface area contributed by atoms with Gasteiger partial charge in [0.05, 0.1) is 7.11 Å². The summed E-state index contributed by atoms with van der Waals surface area (Å²) in [7, 11) is 3.66. The van der Waals surface area contributed by atoms with Crippen molar-refractivity contribution in [1.82, 2.24) is 4.90 Å². The molecule has 0 bridgehead atoms. The van der Waals surface area contributed by atoms with Gasteiger partial charge in [0.2, 0.25) is 0 Å². The molecule has 2 aromatic rings. The molecule has 0 unspecified atom stereocenters. The Labute approximate surface area is 144 Å². The molecule has 0 heterocycles. The summed E-state index contributed by atoms with van der Waals surface area (Å²) in [5.74, 6) is 1.39. The molecular weight excluding hydrogens is 304 g/mol. The normalized spacial score (nSPS) is 10.5. The maximum atomic E-state index is 5.49. The number of benzene rings is 2. The van der Waals surface area contributed by atoms with E-state index in [0.29, 0.717) is 11.0 Å². The van der Waals surface area contributed by atoms with Crippen LogP contribution in [0.2, 0.25) is 0 Å². The van der Waals surface area contributed by atoms with Crippen LogP contribution in [-0.2, 0) is 6.54 Å². The molecule has 0 fully saturated rings. The summed E-state index contributed by atoms with van der Waals surface area (Å²) in [6.45, 7) is 5.11. The fraction of sp³-hybridized carbons (Fsp3) is 0.316. The maximum absolute atomic E-state index is 5.49. The van der Waals surface area contributed by atoms with Crippen LogP contribution >= 0.6 is 12.2 Å². The van der Waals surface area contributed by atoms with E-state index in [4.69, 9.17) is 17.0 Å². The predicted octanol–water partition coefficient (Wildman–Crippen LogP) is 4.65. The molecule has 0 aliphatic heterocycles. The first-order valence-electron chi connectivity index (χ1n) is 7.74. The lowest BCUT2D eigenvalue weighted by atomic mass is 10.0. The van der Waals surface area contributed by atoms with Crippen molar-refractivity contribution in [2.24, 2.45) is 0 Å². The van der Waals surface area contributed by atoms with Crippen LogP contribution in [0.4, 0.5) is 5.69 Å². The molecule has 0 saturated carbocycles. The van der Waals surface area contributed by atoms with Crippen LogP contribution in [0.3, 0.4) is 0 Å². The van der Waals surface area contributed by atoms with E-state index in [1.54, 1.807) is 7.11 Å². The van der Waals surface area contributed by atoms with E-state index in [1.165, 1.54) is 5.56 Å². The summed E-state index contributed by atoms with van der Waals surface area (Å²) in [4.78, 5) is 2.01. The lowest BCUT2D eigenvalue weighted by molar-refractivity contribution is 0.413. The predicted molar refractivity (Wildman–Crippen MR) is 101 cm³/mol. The Bertz CT molecular complexity index is 653. The minimum atomic E-state index is 0.534. The van der Waals surface area contributed by atoms with Gasteiger partial charge >= 0.3 is 0 Å². The quantitative estimate of drug-likeness (QED) is 0.808. The maximum Gasteiger partial charge on any atom is 0.173 e. The number of hydrogen-bond donors (Lipinski definition) is 1. The Balaban J connectivity index is 1.96. The number of rotatable bonds is 5. The molecule has 0 aliphatic carbocycles. The monoisotopic (exact) mass is 328 g/mol. The third-order valence-electron chi connectivity index (χ3n) is 3.73. The van der Waals surface area contributed by atoms with Gasteiger partial charge in [-0.3, -0.25) is 0 Å². The number of hydrogen-bond acceptors (Lipinski definition) is 2. The highest BCUT2D eigenvalue weighted by molar-refractivity contribution is 7.80. The zero-order valence-electron chi connectivity index (χ0n) is 14.2. The first-order valence-corrected chi connectivity index (χ1v) is 8.15. The molecule has 3 nitrogen and oxygen atoms in total. The second-order valence-corrected chi connectivity index (χ2v) is 6.30. The lowest BCUT2D eigenvalue weighted by Gasteiger charge is -2.21. The van der Waals surface area contributed by atoms with Gasteiger partial charge in [0.15, 0.2) is 5.11 Å². The zero-order chi connectivity index (χ0) is 16.8. The number of nitrogens with one attached hydrogen (secondary N) is 1. The van der Waals surface area contributed by atoms with Crippen molar-refractivity contribution in [3.8, 4) is 5.75 Å². The first kappa shape index (κ1) is 17.3. The fourth-order valence-electron chi connectivity index (χ4n) is 2.29. The lowest BCUT2D eigenvalue weighted by Crippen LogP contribution is -2.30. The van der Waals surface area contributed by atoms with Gasteiger partial charge in [-0.1, -0.05) is 38.1 Å². The van der Waals surface area contributed by atoms with Crippen LogP contribution in [-0.4, -0.2) is 24.2 Å². The van der Waals surface area contributed by atoms with Crippen molar-refractivity contribution in [2.45, 2.75) is 26.3 Å². The fourth-order valence-corrected chi connectivity index (χ4v) is 2.47. The van der Waals surface area contributed by atoms with Crippen molar-refractivity contribution in [3.05, 3.63) is 59.7 Å². The number of nitrogens with zero attached hydrogens (tertiary/aromatic N) is 1. The molecule has 2 aromatic carbocycles. The number of thiocarbonyl (C=S) groups is 1. The van der Waals surface area contributed by atoms with Gasteiger partial charge in [-0.2, -0.15) is 0 Å². The van der Waals surface area contributed by atoms with Crippen LogP contribution in [0, 0.1) is 0 Å². The number of methoxy groups -OCH3 is 1. The summed E-state index contributed by atoms with van der Waals surface area (Å²) in [6, 6.07) is 16.4. The van der Waals surface area contributed by atoms with Crippen LogP contribution in [0.15, 0.2) is 48.5 Å². The molecule has 122 valence electrons. The molecule has 0 saturated heterocycles. The van der Waals surface area contributed by atoms with Gasteiger partial charge in [-0.15, -0.1) is 0 Å².